The number of fused-ring (bicyclic) bond motifs is 7. The van der Waals surface area contributed by atoms with E-state index >= 15 is 9.59 Å². The number of piperazine rings is 1. The molecular weight excluding hydrogens is 867 g/mol. The standard InChI is InChI=1S/C58H73N3O8/c1-34(2)15-13-22-55(8)24-21-41-49(68-55)40(19-18-35(3)4)51-46(50(41)67-32-31-60-29-27-59(9)28-30-60)56-23-14-26-61(56)47-38-16-11-12-17-39(38)48(62)45(47)44-42-33-43(36(5)6)58(69-51,52(44)56)57(65,53(42)63)25-20-37(7)54(64)66-10/h11-12,15-18,20-21,24,36,42-44,52,65H,13-14,19,22-23,25-33H2,1-10H3/b37-20-. The van der Waals surface area contributed by atoms with Gasteiger partial charge >= 0.3 is 5.97 Å². The van der Waals surface area contributed by atoms with E-state index in [1.54, 1.807) is 13.0 Å². The first-order valence-electron chi connectivity index (χ1n) is 25.7. The highest BCUT2D eigenvalue weighted by atomic mass is 16.5. The Balaban J connectivity index is 1.30. The lowest BCUT2D eigenvalue weighted by molar-refractivity contribution is -0.284. The van der Waals surface area contributed by atoms with Gasteiger partial charge < -0.3 is 33.9 Å². The fraction of sp³-hybridized carbons (Fsp3) is 0.569. The van der Waals surface area contributed by atoms with E-state index in [0.29, 0.717) is 60.6 Å². The van der Waals surface area contributed by atoms with Crippen LogP contribution in [0.5, 0.6) is 17.2 Å². The van der Waals surface area contributed by atoms with Crippen molar-refractivity contribution in [2.24, 2.45) is 29.6 Å². The van der Waals surface area contributed by atoms with Gasteiger partial charge in [-0.15, -0.1) is 0 Å². The number of methoxy groups -OCH3 is 1. The summed E-state index contributed by atoms with van der Waals surface area (Å²) in [7, 11) is 3.51. The number of allylic oxidation sites excluding steroid dienone is 5. The van der Waals surface area contributed by atoms with E-state index in [9.17, 15) is 9.90 Å². The first-order chi connectivity index (χ1) is 32.9. The normalized spacial score (nSPS) is 31.8. The molecule has 0 radical (unpaired) electrons. The van der Waals surface area contributed by atoms with Crippen molar-refractivity contribution in [3.05, 3.63) is 98.7 Å². The van der Waals surface area contributed by atoms with E-state index in [0.717, 1.165) is 91.3 Å². The van der Waals surface area contributed by atoms with Crippen molar-refractivity contribution in [1.82, 2.24) is 14.7 Å². The third-order valence-electron chi connectivity index (χ3n) is 17.5. The van der Waals surface area contributed by atoms with Crippen molar-refractivity contribution in [3.63, 3.8) is 0 Å². The number of aliphatic hydroxyl groups is 1. The second-order valence-corrected chi connectivity index (χ2v) is 22.5. The van der Waals surface area contributed by atoms with E-state index in [4.69, 9.17) is 18.9 Å². The predicted molar refractivity (Wildman–Crippen MR) is 268 cm³/mol. The Morgan fingerprint density at radius 1 is 0.957 bits per heavy atom. The van der Waals surface area contributed by atoms with E-state index < -0.39 is 46.1 Å². The number of Topliss-reactive ketones (excluding diaryl/α,β-unsaturated/α-hetero) is 2. The number of ether oxygens (including phenoxy) is 4. The summed E-state index contributed by atoms with van der Waals surface area (Å²) >= 11 is 0. The molecule has 3 saturated carbocycles. The molecule has 8 atom stereocenters. The van der Waals surface area contributed by atoms with Crippen LogP contribution in [0.15, 0.2) is 70.9 Å². The SMILES string of the molecule is COC(=O)/C(C)=C\CC1(O)C(=O)C2CC(C(C)C)C13Oc1c(CC=C(C)C)c4c(c(OCCN5CCN(C)CC5)c1C15CCCN1C1=C(C(=O)c6ccccc61)C2C53)C=CC(C)(CCC=C(C)C)O4. The van der Waals surface area contributed by atoms with Gasteiger partial charge in [-0.3, -0.25) is 14.5 Å². The molecule has 5 heterocycles. The Morgan fingerprint density at radius 2 is 1.68 bits per heavy atom. The molecule has 9 aliphatic rings. The Morgan fingerprint density at radius 3 is 2.38 bits per heavy atom. The molecule has 5 fully saturated rings. The van der Waals surface area contributed by atoms with Crippen molar-refractivity contribution in [1.29, 1.82) is 0 Å². The van der Waals surface area contributed by atoms with Crippen molar-refractivity contribution in [2.45, 2.75) is 123 Å². The predicted octanol–water partition coefficient (Wildman–Crippen LogP) is 9.12. The summed E-state index contributed by atoms with van der Waals surface area (Å²) in [5, 5.41) is 14.1. The molecule has 1 N–H and O–H groups in total. The summed E-state index contributed by atoms with van der Waals surface area (Å²) in [4.78, 5) is 51.5. The lowest BCUT2D eigenvalue weighted by Gasteiger charge is -2.73. The van der Waals surface area contributed by atoms with Gasteiger partial charge in [0.25, 0.3) is 0 Å². The van der Waals surface area contributed by atoms with Crippen LogP contribution in [0.4, 0.5) is 0 Å². The van der Waals surface area contributed by atoms with E-state index in [1.807, 2.05) is 18.2 Å². The van der Waals surface area contributed by atoms with Crippen LogP contribution in [0.3, 0.4) is 0 Å². The molecule has 2 aromatic carbocycles. The molecule has 11 rings (SSSR count). The Bertz CT molecular complexity index is 2640. The van der Waals surface area contributed by atoms with Crippen molar-refractivity contribution in [3.8, 4) is 17.2 Å². The average molecular weight is 940 g/mol. The van der Waals surface area contributed by atoms with Gasteiger partial charge in [0.1, 0.15) is 29.5 Å². The quantitative estimate of drug-likeness (QED) is 0.118. The fourth-order valence-electron chi connectivity index (χ4n) is 14.2. The molecule has 5 aliphatic heterocycles. The Hall–Kier alpha value is -4.97. The molecule has 0 aromatic heterocycles. The second-order valence-electron chi connectivity index (χ2n) is 22.5. The minimum Gasteiger partial charge on any atom is -0.491 e. The second kappa shape index (κ2) is 17.4. The lowest BCUT2D eigenvalue weighted by Crippen LogP contribution is -2.85. The fourth-order valence-corrected chi connectivity index (χ4v) is 14.2. The van der Waals surface area contributed by atoms with Gasteiger partial charge in [0.05, 0.1) is 29.5 Å². The van der Waals surface area contributed by atoms with E-state index in [2.05, 4.69) is 101 Å². The molecule has 11 heteroatoms. The summed E-state index contributed by atoms with van der Waals surface area (Å²) in [6, 6.07) is 7.94. The Kier molecular flexibility index (Phi) is 12.0. The topological polar surface area (TPSA) is 118 Å². The van der Waals surface area contributed by atoms with Crippen LogP contribution in [0.2, 0.25) is 0 Å². The van der Waals surface area contributed by atoms with Crippen LogP contribution in [0, 0.1) is 29.6 Å². The van der Waals surface area contributed by atoms with Gasteiger partial charge in [-0.2, -0.15) is 0 Å². The molecule has 2 aromatic rings. The first-order valence-corrected chi connectivity index (χ1v) is 25.7. The largest absolute Gasteiger partial charge is 0.491 e. The molecule has 368 valence electrons. The van der Waals surface area contributed by atoms with Crippen LogP contribution >= 0.6 is 0 Å². The molecule has 2 bridgehead atoms. The summed E-state index contributed by atoms with van der Waals surface area (Å²) in [6.07, 6.45) is 14.5. The summed E-state index contributed by atoms with van der Waals surface area (Å²) < 4.78 is 28.1. The number of carbonyl (C=O) groups is 3. The minimum absolute atomic E-state index is 0.0326. The molecular formula is C58H73N3O8. The number of esters is 1. The van der Waals surface area contributed by atoms with Crippen molar-refractivity contribution in [2.75, 3.05) is 60.0 Å². The van der Waals surface area contributed by atoms with Crippen LogP contribution in [-0.2, 0) is 26.3 Å². The summed E-state index contributed by atoms with van der Waals surface area (Å²) in [6.45, 7) is 22.4. The van der Waals surface area contributed by atoms with Gasteiger partial charge in [-0.25, -0.2) is 4.79 Å². The molecule has 2 spiro atoms. The average Bonchev–Trinajstić information content (AvgIpc) is 3.88. The van der Waals surface area contributed by atoms with Crippen LogP contribution < -0.4 is 14.2 Å². The van der Waals surface area contributed by atoms with E-state index in [-0.39, 0.29) is 29.8 Å². The number of nitrogens with zero attached hydrogens (tertiary/aromatic N) is 3. The van der Waals surface area contributed by atoms with E-state index in [1.165, 1.54) is 12.7 Å². The highest BCUT2D eigenvalue weighted by Gasteiger charge is 2.84. The highest BCUT2D eigenvalue weighted by molar-refractivity contribution is 6.22. The third-order valence-corrected chi connectivity index (χ3v) is 17.5. The number of benzene rings is 2. The molecule has 0 amide bonds. The monoisotopic (exact) mass is 940 g/mol. The number of likely N-dealkylation sites (N-methyl/N-ethyl adjacent to an activating group) is 1. The third kappa shape index (κ3) is 7.09. The zero-order chi connectivity index (χ0) is 48.9. The molecule has 4 aliphatic carbocycles. The van der Waals surface area contributed by atoms with Gasteiger partial charge in [0.15, 0.2) is 22.8 Å². The van der Waals surface area contributed by atoms with Gasteiger partial charge in [0.2, 0.25) is 0 Å². The molecule has 69 heavy (non-hydrogen) atoms. The Labute approximate surface area is 409 Å². The van der Waals surface area contributed by atoms with Gasteiger partial charge in [-0.05, 0) is 105 Å². The maximum absolute atomic E-state index is 15.9. The smallest absolute Gasteiger partial charge is 0.333 e. The van der Waals surface area contributed by atoms with Crippen LogP contribution in [0.1, 0.15) is 127 Å². The van der Waals surface area contributed by atoms with Crippen LogP contribution in [-0.4, -0.2) is 114 Å². The lowest BCUT2D eigenvalue weighted by atomic mass is 9.37. The highest BCUT2D eigenvalue weighted by Crippen LogP contribution is 2.77. The number of rotatable bonds is 13. The van der Waals surface area contributed by atoms with Crippen LogP contribution in [0.25, 0.3) is 11.8 Å². The molecule has 2 saturated heterocycles. The molecule has 8 unspecified atom stereocenters. The summed E-state index contributed by atoms with van der Waals surface area (Å²) in [5.41, 5.74) is 3.35. The van der Waals surface area contributed by atoms with Gasteiger partial charge in [0, 0.05) is 97.2 Å². The molecule has 11 nitrogen and oxygen atoms in total. The van der Waals surface area contributed by atoms with Gasteiger partial charge in [-0.1, -0.05) is 67.5 Å². The number of carbonyl (C=O) groups excluding carboxylic acids is 3. The maximum Gasteiger partial charge on any atom is 0.333 e. The number of hydrogen-bond donors (Lipinski definition) is 1. The zero-order valence-electron chi connectivity index (χ0n) is 42.6. The number of ketones is 2. The zero-order valence-corrected chi connectivity index (χ0v) is 42.6. The first kappa shape index (κ1) is 47.7. The maximum atomic E-state index is 15.9. The minimum atomic E-state index is -2.08. The van der Waals surface area contributed by atoms with Crippen molar-refractivity contribution < 1.29 is 38.4 Å². The van der Waals surface area contributed by atoms with Crippen molar-refractivity contribution >= 4 is 29.3 Å². The summed E-state index contributed by atoms with van der Waals surface area (Å²) in [5.74, 6) is -0.968. The number of hydrogen-bond acceptors (Lipinski definition) is 11.